The number of hydrogen-bond donors (Lipinski definition) is 2. The van der Waals surface area contributed by atoms with Crippen molar-refractivity contribution in [1.82, 2.24) is 10.2 Å². The fourth-order valence-electron chi connectivity index (χ4n) is 2.43. The Bertz CT molecular complexity index is 498. The summed E-state index contributed by atoms with van der Waals surface area (Å²) in [7, 11) is 0. The van der Waals surface area contributed by atoms with Crippen molar-refractivity contribution in [2.24, 2.45) is 5.92 Å². The van der Waals surface area contributed by atoms with Crippen LogP contribution in [0.1, 0.15) is 36.2 Å². The average Bonchev–Trinajstić information content (AvgIpc) is 2.77. The number of carboxylic acids is 1. The summed E-state index contributed by atoms with van der Waals surface area (Å²) < 4.78 is 0. The van der Waals surface area contributed by atoms with E-state index in [9.17, 15) is 9.59 Å². The van der Waals surface area contributed by atoms with Crippen LogP contribution in [0, 0.1) is 5.92 Å². The second kappa shape index (κ2) is 5.94. The number of nitrogens with one attached hydrogen (secondary N) is 1. The Hall–Kier alpha value is -2.04. The number of hydrogen-bond acceptors (Lipinski definition) is 2. The van der Waals surface area contributed by atoms with E-state index in [4.69, 9.17) is 5.11 Å². The van der Waals surface area contributed by atoms with Crippen LogP contribution in [-0.2, 0) is 6.54 Å². The second-order valence-electron chi connectivity index (χ2n) is 5.36. The predicted molar refractivity (Wildman–Crippen MR) is 75.6 cm³/mol. The van der Waals surface area contributed by atoms with Gasteiger partial charge >= 0.3 is 12.0 Å². The molecule has 1 fully saturated rings. The van der Waals surface area contributed by atoms with Gasteiger partial charge in [-0.2, -0.15) is 0 Å². The van der Waals surface area contributed by atoms with Crippen LogP contribution in [0.25, 0.3) is 0 Å². The highest BCUT2D eigenvalue weighted by molar-refractivity contribution is 5.87. The number of carbonyl (C=O) groups excluding carboxylic acids is 1. The number of carboxylic acid groups (broad SMARTS) is 1. The third kappa shape index (κ3) is 3.10. The molecule has 1 aromatic carbocycles. The molecule has 0 aromatic heterocycles. The fraction of sp³-hybridized carbons (Fsp3) is 0.467. The minimum Gasteiger partial charge on any atom is -0.478 e. The summed E-state index contributed by atoms with van der Waals surface area (Å²) in [5.74, 6) is -0.406. The van der Waals surface area contributed by atoms with Gasteiger partial charge in [0.2, 0.25) is 0 Å². The summed E-state index contributed by atoms with van der Waals surface area (Å²) in [5, 5.41) is 11.7. The number of amides is 2. The SMILES string of the molecule is CC1CCN(C(=O)NCc2ccc(C(=O)O)cc2)C1C. The molecule has 2 rings (SSSR count). The predicted octanol–water partition coefficient (Wildman–Crippen LogP) is 2.32. The molecule has 2 N–H and O–H groups in total. The van der Waals surface area contributed by atoms with Crippen LogP contribution in [-0.4, -0.2) is 34.6 Å². The molecule has 2 atom stereocenters. The summed E-state index contributed by atoms with van der Waals surface area (Å²) in [6, 6.07) is 6.75. The fourth-order valence-corrected chi connectivity index (χ4v) is 2.43. The molecule has 0 bridgehead atoms. The minimum absolute atomic E-state index is 0.0517. The zero-order valence-electron chi connectivity index (χ0n) is 11.8. The standard InChI is InChI=1S/C15H20N2O3/c1-10-7-8-17(11(10)2)15(20)16-9-12-3-5-13(6-4-12)14(18)19/h3-6,10-11H,7-9H2,1-2H3,(H,16,20)(H,18,19). The molecule has 1 heterocycles. The molecule has 5 heteroatoms. The molecule has 20 heavy (non-hydrogen) atoms. The van der Waals surface area contributed by atoms with E-state index in [-0.39, 0.29) is 17.6 Å². The maximum Gasteiger partial charge on any atom is 0.335 e. The monoisotopic (exact) mass is 276 g/mol. The normalized spacial score (nSPS) is 21.8. The zero-order valence-corrected chi connectivity index (χ0v) is 11.8. The second-order valence-corrected chi connectivity index (χ2v) is 5.36. The van der Waals surface area contributed by atoms with Crippen molar-refractivity contribution in [3.05, 3.63) is 35.4 Å². The van der Waals surface area contributed by atoms with E-state index in [0.29, 0.717) is 12.5 Å². The quantitative estimate of drug-likeness (QED) is 0.890. The first-order valence-electron chi connectivity index (χ1n) is 6.85. The van der Waals surface area contributed by atoms with Gasteiger partial charge < -0.3 is 15.3 Å². The molecular weight excluding hydrogens is 256 g/mol. The largest absolute Gasteiger partial charge is 0.478 e. The van der Waals surface area contributed by atoms with Gasteiger partial charge in [0.15, 0.2) is 0 Å². The van der Waals surface area contributed by atoms with Crippen molar-refractivity contribution in [2.75, 3.05) is 6.54 Å². The van der Waals surface area contributed by atoms with Crippen LogP contribution in [0.4, 0.5) is 4.79 Å². The Kier molecular flexibility index (Phi) is 4.27. The van der Waals surface area contributed by atoms with Crippen molar-refractivity contribution >= 4 is 12.0 Å². The lowest BCUT2D eigenvalue weighted by molar-refractivity contribution is 0.0697. The molecule has 2 unspecified atom stereocenters. The van der Waals surface area contributed by atoms with E-state index < -0.39 is 5.97 Å². The van der Waals surface area contributed by atoms with Crippen molar-refractivity contribution in [3.8, 4) is 0 Å². The summed E-state index contributed by atoms with van der Waals surface area (Å²) in [6.07, 6.45) is 1.04. The lowest BCUT2D eigenvalue weighted by atomic mass is 10.1. The summed E-state index contributed by atoms with van der Waals surface area (Å²) in [5.41, 5.74) is 1.14. The molecule has 1 aliphatic rings. The first-order valence-corrected chi connectivity index (χ1v) is 6.85. The molecule has 1 aliphatic heterocycles. The third-order valence-corrected chi connectivity index (χ3v) is 4.05. The van der Waals surface area contributed by atoms with Crippen LogP contribution < -0.4 is 5.32 Å². The molecule has 0 spiro atoms. The minimum atomic E-state index is -0.944. The van der Waals surface area contributed by atoms with Gasteiger partial charge in [0.05, 0.1) is 5.56 Å². The molecule has 1 saturated heterocycles. The van der Waals surface area contributed by atoms with E-state index in [2.05, 4.69) is 19.2 Å². The van der Waals surface area contributed by atoms with Gasteiger partial charge in [0.1, 0.15) is 0 Å². The number of urea groups is 1. The molecule has 0 aliphatic carbocycles. The summed E-state index contributed by atoms with van der Waals surface area (Å²) in [4.78, 5) is 24.7. The first-order chi connectivity index (χ1) is 9.49. The number of aromatic carboxylic acids is 1. The first kappa shape index (κ1) is 14.4. The van der Waals surface area contributed by atoms with Gasteiger partial charge in [-0.1, -0.05) is 19.1 Å². The highest BCUT2D eigenvalue weighted by Gasteiger charge is 2.30. The van der Waals surface area contributed by atoms with Crippen molar-refractivity contribution in [1.29, 1.82) is 0 Å². The Balaban J connectivity index is 1.89. The Labute approximate surface area is 118 Å². The van der Waals surface area contributed by atoms with E-state index in [0.717, 1.165) is 18.5 Å². The average molecular weight is 276 g/mol. The Morgan fingerprint density at radius 2 is 1.95 bits per heavy atom. The Morgan fingerprint density at radius 1 is 1.30 bits per heavy atom. The molecule has 0 saturated carbocycles. The van der Waals surface area contributed by atoms with Crippen molar-refractivity contribution in [3.63, 3.8) is 0 Å². The van der Waals surface area contributed by atoms with E-state index in [1.165, 1.54) is 0 Å². The number of carbonyl (C=O) groups is 2. The highest BCUT2D eigenvalue weighted by Crippen LogP contribution is 2.23. The number of nitrogens with zero attached hydrogens (tertiary/aromatic N) is 1. The van der Waals surface area contributed by atoms with Crippen LogP contribution in [0.5, 0.6) is 0 Å². The van der Waals surface area contributed by atoms with E-state index in [1.807, 2.05) is 4.90 Å². The Morgan fingerprint density at radius 3 is 2.45 bits per heavy atom. The number of benzene rings is 1. The molecule has 5 nitrogen and oxygen atoms in total. The van der Waals surface area contributed by atoms with E-state index >= 15 is 0 Å². The van der Waals surface area contributed by atoms with E-state index in [1.54, 1.807) is 24.3 Å². The van der Waals surface area contributed by atoms with Gasteiger partial charge in [-0.25, -0.2) is 9.59 Å². The topological polar surface area (TPSA) is 69.6 Å². The molecule has 0 radical (unpaired) electrons. The van der Waals surface area contributed by atoms with Gasteiger partial charge in [0.25, 0.3) is 0 Å². The summed E-state index contributed by atoms with van der Waals surface area (Å²) >= 11 is 0. The highest BCUT2D eigenvalue weighted by atomic mass is 16.4. The van der Waals surface area contributed by atoms with Crippen molar-refractivity contribution < 1.29 is 14.7 Å². The molecule has 2 amide bonds. The maximum absolute atomic E-state index is 12.1. The van der Waals surface area contributed by atoms with Gasteiger partial charge in [-0.15, -0.1) is 0 Å². The number of rotatable bonds is 3. The van der Waals surface area contributed by atoms with Crippen LogP contribution in [0.3, 0.4) is 0 Å². The lowest BCUT2D eigenvalue weighted by Gasteiger charge is -2.23. The molecule has 108 valence electrons. The smallest absolute Gasteiger partial charge is 0.335 e. The van der Waals surface area contributed by atoms with Crippen LogP contribution >= 0.6 is 0 Å². The van der Waals surface area contributed by atoms with Gasteiger partial charge in [-0.05, 0) is 37.0 Å². The van der Waals surface area contributed by atoms with Crippen LogP contribution in [0.2, 0.25) is 0 Å². The van der Waals surface area contributed by atoms with Crippen LogP contribution in [0.15, 0.2) is 24.3 Å². The number of likely N-dealkylation sites (tertiary alicyclic amines) is 1. The zero-order chi connectivity index (χ0) is 14.7. The third-order valence-electron chi connectivity index (χ3n) is 4.05. The lowest BCUT2D eigenvalue weighted by Crippen LogP contribution is -2.42. The van der Waals surface area contributed by atoms with Crippen molar-refractivity contribution in [2.45, 2.75) is 32.9 Å². The van der Waals surface area contributed by atoms with Gasteiger partial charge in [-0.3, -0.25) is 0 Å². The van der Waals surface area contributed by atoms with Gasteiger partial charge in [0, 0.05) is 19.1 Å². The maximum atomic E-state index is 12.1. The molecule has 1 aromatic rings. The summed E-state index contributed by atoms with van der Waals surface area (Å²) in [6.45, 7) is 5.43. The molecular formula is C15H20N2O3.